The highest BCUT2D eigenvalue weighted by molar-refractivity contribution is 8.69. The van der Waals surface area contributed by atoms with Crippen LogP contribution in [0.5, 0.6) is 0 Å². The molecule has 0 atom stereocenters. The van der Waals surface area contributed by atoms with Crippen molar-refractivity contribution in [3.05, 3.63) is 21.9 Å². The fourth-order valence-electron chi connectivity index (χ4n) is 1.55. The van der Waals surface area contributed by atoms with E-state index in [9.17, 15) is 0 Å². The lowest BCUT2D eigenvalue weighted by atomic mass is 9.95. The molecule has 2 aromatic heterocycles. The van der Waals surface area contributed by atoms with Crippen LogP contribution in [0.4, 0.5) is 0 Å². The van der Waals surface area contributed by atoms with Crippen LogP contribution in [0, 0.1) is 0 Å². The summed E-state index contributed by atoms with van der Waals surface area (Å²) in [4.78, 5) is 2.89. The van der Waals surface area contributed by atoms with Gasteiger partial charge in [0.25, 0.3) is 0 Å². The van der Waals surface area contributed by atoms with E-state index in [1.165, 1.54) is 19.2 Å². The molecule has 0 bridgehead atoms. The predicted octanol–water partition coefficient (Wildman–Crippen LogP) is 6.07. The van der Waals surface area contributed by atoms with Crippen molar-refractivity contribution in [3.8, 4) is 0 Å². The van der Waals surface area contributed by atoms with Crippen molar-refractivity contribution < 1.29 is 0 Å². The summed E-state index contributed by atoms with van der Waals surface area (Å²) in [5.41, 5.74) is 0.261. The standard InChI is InChI=1S/C13H18S4/c1-12(2,3)10-6-8-9(15-10)7-11(16-8)13(4,5)17-14/h6-7,14H,1-5H3. The van der Waals surface area contributed by atoms with Crippen LogP contribution in [0.15, 0.2) is 12.1 Å². The molecule has 0 aromatic carbocycles. The van der Waals surface area contributed by atoms with Crippen molar-refractivity contribution in [2.45, 2.75) is 44.8 Å². The monoisotopic (exact) mass is 302 g/mol. The summed E-state index contributed by atoms with van der Waals surface area (Å²) in [5, 5.41) is 0. The van der Waals surface area contributed by atoms with Crippen LogP contribution in [0.1, 0.15) is 44.4 Å². The number of thiophene rings is 2. The highest BCUT2D eigenvalue weighted by atomic mass is 33.1. The van der Waals surface area contributed by atoms with Gasteiger partial charge in [-0.3, -0.25) is 0 Å². The Morgan fingerprint density at radius 1 is 0.941 bits per heavy atom. The lowest BCUT2D eigenvalue weighted by Crippen LogP contribution is -2.08. The smallest absolute Gasteiger partial charge is 0.0547 e. The zero-order valence-electron chi connectivity index (χ0n) is 10.8. The van der Waals surface area contributed by atoms with Crippen molar-refractivity contribution in [1.29, 1.82) is 0 Å². The highest BCUT2D eigenvalue weighted by Gasteiger charge is 2.24. The number of hydrogen-bond donors (Lipinski definition) is 1. The van der Waals surface area contributed by atoms with E-state index in [-0.39, 0.29) is 10.2 Å². The number of fused-ring (bicyclic) bond motifs is 1. The largest absolute Gasteiger partial charge is 0.139 e. The zero-order valence-corrected chi connectivity index (χ0v) is 14.2. The molecule has 0 nitrogen and oxygen atoms in total. The minimum Gasteiger partial charge on any atom is -0.139 e. The van der Waals surface area contributed by atoms with E-state index in [1.807, 2.05) is 22.7 Å². The minimum absolute atomic E-state index is 0.106. The third kappa shape index (κ3) is 2.70. The lowest BCUT2D eigenvalue weighted by Gasteiger charge is -2.18. The maximum atomic E-state index is 4.37. The summed E-state index contributed by atoms with van der Waals surface area (Å²) in [6.45, 7) is 11.3. The van der Waals surface area contributed by atoms with E-state index in [2.05, 4.69) is 58.4 Å². The average molecular weight is 303 g/mol. The summed E-state index contributed by atoms with van der Waals surface area (Å²) in [6.07, 6.45) is 0. The molecule has 2 rings (SSSR count). The van der Waals surface area contributed by atoms with Crippen LogP contribution >= 0.6 is 45.1 Å². The second-order valence-electron chi connectivity index (χ2n) is 5.80. The van der Waals surface area contributed by atoms with Gasteiger partial charge >= 0.3 is 0 Å². The Balaban J connectivity index is 2.45. The Labute approximate surface area is 121 Å². The van der Waals surface area contributed by atoms with Crippen LogP contribution in [-0.4, -0.2) is 0 Å². The van der Waals surface area contributed by atoms with Crippen LogP contribution < -0.4 is 0 Å². The molecule has 0 N–H and O–H groups in total. The Hall–Kier alpha value is 0.360. The van der Waals surface area contributed by atoms with Gasteiger partial charge in [-0.2, -0.15) is 0 Å². The molecule has 94 valence electrons. The Morgan fingerprint density at radius 2 is 1.41 bits per heavy atom. The maximum Gasteiger partial charge on any atom is 0.0547 e. The second-order valence-corrected chi connectivity index (χ2v) is 9.72. The first-order chi connectivity index (χ1) is 7.74. The van der Waals surface area contributed by atoms with E-state index in [4.69, 9.17) is 0 Å². The van der Waals surface area contributed by atoms with Gasteiger partial charge in [0.1, 0.15) is 0 Å². The van der Waals surface area contributed by atoms with Gasteiger partial charge in [-0.1, -0.05) is 31.6 Å². The molecular formula is C13H18S4. The fraction of sp³-hybridized carbons (Fsp3) is 0.538. The van der Waals surface area contributed by atoms with Crippen molar-refractivity contribution in [2.75, 3.05) is 0 Å². The van der Waals surface area contributed by atoms with Crippen molar-refractivity contribution >= 4 is 54.5 Å². The van der Waals surface area contributed by atoms with E-state index < -0.39 is 0 Å². The zero-order chi connectivity index (χ0) is 12.8. The Bertz CT molecular complexity index is 494. The summed E-state index contributed by atoms with van der Waals surface area (Å²) in [5.74, 6) is 0. The third-order valence-electron chi connectivity index (χ3n) is 2.77. The normalized spacial score (nSPS) is 13.5. The lowest BCUT2D eigenvalue weighted by molar-refractivity contribution is 0.604. The molecule has 2 aromatic rings. The van der Waals surface area contributed by atoms with Gasteiger partial charge in [-0.15, -0.1) is 34.3 Å². The van der Waals surface area contributed by atoms with Crippen LogP contribution in [0.3, 0.4) is 0 Å². The first-order valence-electron chi connectivity index (χ1n) is 5.61. The molecule has 4 heteroatoms. The molecule has 2 heterocycles. The minimum atomic E-state index is 0.106. The number of thiol groups is 1. The first kappa shape index (κ1) is 13.8. The van der Waals surface area contributed by atoms with Gasteiger partial charge in [0.05, 0.1) is 4.75 Å². The van der Waals surface area contributed by atoms with Gasteiger partial charge in [0.2, 0.25) is 0 Å². The summed E-state index contributed by atoms with van der Waals surface area (Å²) in [7, 11) is 1.62. The summed E-state index contributed by atoms with van der Waals surface area (Å²) in [6, 6.07) is 4.69. The van der Waals surface area contributed by atoms with E-state index in [1.54, 1.807) is 10.8 Å². The Kier molecular flexibility index (Phi) is 3.63. The van der Waals surface area contributed by atoms with Crippen LogP contribution in [-0.2, 0) is 10.2 Å². The molecule has 0 fully saturated rings. The molecule has 0 aliphatic carbocycles. The van der Waals surface area contributed by atoms with Gasteiger partial charge in [-0.25, -0.2) is 0 Å². The third-order valence-corrected chi connectivity index (χ3v) is 7.99. The maximum absolute atomic E-state index is 4.37. The Morgan fingerprint density at radius 3 is 1.88 bits per heavy atom. The molecule has 0 aliphatic rings. The molecule has 0 aliphatic heterocycles. The second kappa shape index (κ2) is 4.48. The molecule has 0 saturated carbocycles. The van der Waals surface area contributed by atoms with Crippen molar-refractivity contribution in [2.24, 2.45) is 0 Å². The molecular weight excluding hydrogens is 284 g/mol. The quantitative estimate of drug-likeness (QED) is 0.518. The first-order valence-corrected chi connectivity index (χ1v) is 9.11. The van der Waals surface area contributed by atoms with Crippen LogP contribution in [0.25, 0.3) is 9.40 Å². The molecule has 0 saturated heterocycles. The highest BCUT2D eigenvalue weighted by Crippen LogP contribution is 2.46. The topological polar surface area (TPSA) is 0 Å². The van der Waals surface area contributed by atoms with Gasteiger partial charge in [0.15, 0.2) is 0 Å². The summed E-state index contributed by atoms with van der Waals surface area (Å²) < 4.78 is 2.95. The van der Waals surface area contributed by atoms with Crippen molar-refractivity contribution in [1.82, 2.24) is 0 Å². The number of hydrogen-bond acceptors (Lipinski definition) is 4. The molecule has 0 unspecified atom stereocenters. The molecule has 0 spiro atoms. The van der Waals surface area contributed by atoms with Crippen LogP contribution in [0.2, 0.25) is 0 Å². The number of rotatable bonds is 2. The van der Waals surface area contributed by atoms with E-state index in [0.717, 1.165) is 0 Å². The fourth-order valence-corrected chi connectivity index (χ4v) is 4.88. The average Bonchev–Trinajstić information content (AvgIpc) is 2.72. The molecule has 0 amide bonds. The van der Waals surface area contributed by atoms with E-state index in [0.29, 0.717) is 0 Å². The van der Waals surface area contributed by atoms with E-state index >= 15 is 0 Å². The van der Waals surface area contributed by atoms with Crippen molar-refractivity contribution in [3.63, 3.8) is 0 Å². The summed E-state index contributed by atoms with van der Waals surface area (Å²) >= 11 is 8.20. The van der Waals surface area contributed by atoms with Gasteiger partial charge in [-0.05, 0) is 31.4 Å². The predicted molar refractivity (Wildman–Crippen MR) is 88.0 cm³/mol. The molecule has 17 heavy (non-hydrogen) atoms. The van der Waals surface area contributed by atoms with Gasteiger partial charge < -0.3 is 0 Å². The SMILES string of the molecule is CC(C)(C)c1cc2sc(C(C)(C)SS)cc2s1. The van der Waals surface area contributed by atoms with Gasteiger partial charge in [0, 0.05) is 19.2 Å². The molecule has 0 radical (unpaired) electrons.